The molecule has 0 unspecified atom stereocenters. The van der Waals surface area contributed by atoms with Crippen molar-refractivity contribution >= 4 is 6.41 Å². The number of nitrogens with zero attached hydrogens (tertiary/aromatic N) is 1. The molecule has 1 aromatic rings. The lowest BCUT2D eigenvalue weighted by atomic mass is 9.93. The van der Waals surface area contributed by atoms with Crippen LogP contribution in [0.1, 0.15) is 12.8 Å². The fraction of sp³-hybridized carbons (Fsp3) is 0.562. The molecule has 0 atom stereocenters. The van der Waals surface area contributed by atoms with Crippen molar-refractivity contribution in [3.63, 3.8) is 0 Å². The molecule has 0 spiro atoms. The van der Waals surface area contributed by atoms with Gasteiger partial charge in [-0.15, -0.1) is 0 Å². The minimum atomic E-state index is -1.23. The third kappa shape index (κ3) is 4.87. The monoisotopic (exact) mass is 310 g/mol. The van der Waals surface area contributed by atoms with Crippen LogP contribution in [0.5, 0.6) is 11.5 Å². The predicted octanol–water partition coefficient (Wildman–Crippen LogP) is 1.62. The van der Waals surface area contributed by atoms with E-state index in [1.54, 1.807) is 12.0 Å². The largest absolute Gasteiger partial charge is 0.497 e. The fourth-order valence-corrected chi connectivity index (χ4v) is 2.45. The minimum absolute atomic E-state index is 0.293. The number of amides is 1. The van der Waals surface area contributed by atoms with Gasteiger partial charge in [0.2, 0.25) is 6.41 Å². The molecule has 1 aliphatic heterocycles. The van der Waals surface area contributed by atoms with Crippen molar-refractivity contribution in [3.05, 3.63) is 24.3 Å². The van der Waals surface area contributed by atoms with Crippen LogP contribution in [0.3, 0.4) is 0 Å². The third-order valence-electron chi connectivity index (χ3n) is 3.87. The van der Waals surface area contributed by atoms with Crippen molar-refractivity contribution in [2.24, 2.45) is 0 Å². The van der Waals surface area contributed by atoms with Gasteiger partial charge in [0, 0.05) is 45.1 Å². The summed E-state index contributed by atoms with van der Waals surface area (Å²) in [5, 5.41) is 3.09. The van der Waals surface area contributed by atoms with Gasteiger partial charge in [-0.1, -0.05) is 6.07 Å². The molecule has 6 heteroatoms. The molecule has 1 aromatic carbocycles. The van der Waals surface area contributed by atoms with E-state index in [1.807, 2.05) is 24.3 Å². The molecule has 0 aliphatic carbocycles. The van der Waals surface area contributed by atoms with Crippen LogP contribution in [0.4, 0.5) is 4.39 Å². The highest BCUT2D eigenvalue weighted by Gasteiger charge is 2.33. The normalized spacial score (nSPS) is 17.1. The van der Waals surface area contributed by atoms with Crippen LogP contribution in [0.15, 0.2) is 24.3 Å². The zero-order valence-electron chi connectivity index (χ0n) is 12.9. The van der Waals surface area contributed by atoms with E-state index in [9.17, 15) is 9.18 Å². The maximum absolute atomic E-state index is 14.5. The summed E-state index contributed by atoms with van der Waals surface area (Å²) in [5.74, 6) is 1.48. The Hall–Kier alpha value is -1.82. The SMILES string of the molecule is COc1cccc(OCCNCC2(F)CCN(C=O)CC2)c1. The lowest BCUT2D eigenvalue weighted by Crippen LogP contribution is -2.47. The first kappa shape index (κ1) is 16.5. The van der Waals surface area contributed by atoms with Crippen molar-refractivity contribution in [1.82, 2.24) is 10.2 Å². The summed E-state index contributed by atoms with van der Waals surface area (Å²) >= 11 is 0. The van der Waals surface area contributed by atoms with Gasteiger partial charge in [0.15, 0.2) is 0 Å². The summed E-state index contributed by atoms with van der Waals surface area (Å²) in [6, 6.07) is 7.38. The number of nitrogens with one attached hydrogen (secondary N) is 1. The van der Waals surface area contributed by atoms with Gasteiger partial charge in [-0.2, -0.15) is 0 Å². The zero-order valence-corrected chi connectivity index (χ0v) is 12.9. The van der Waals surface area contributed by atoms with Gasteiger partial charge >= 0.3 is 0 Å². The molecular weight excluding hydrogens is 287 g/mol. The van der Waals surface area contributed by atoms with E-state index in [1.165, 1.54) is 0 Å². The first-order valence-electron chi connectivity index (χ1n) is 7.51. The van der Waals surface area contributed by atoms with Crippen LogP contribution in [-0.4, -0.2) is 56.9 Å². The van der Waals surface area contributed by atoms with Gasteiger partial charge in [0.1, 0.15) is 23.8 Å². The van der Waals surface area contributed by atoms with Crippen molar-refractivity contribution in [1.29, 1.82) is 0 Å². The van der Waals surface area contributed by atoms with Crippen LogP contribution in [0.2, 0.25) is 0 Å². The first-order chi connectivity index (χ1) is 10.6. The molecule has 5 nitrogen and oxygen atoms in total. The molecular formula is C16H23FN2O3. The summed E-state index contributed by atoms with van der Waals surface area (Å²) in [5.41, 5.74) is -1.23. The number of halogens is 1. The first-order valence-corrected chi connectivity index (χ1v) is 7.51. The lowest BCUT2D eigenvalue weighted by molar-refractivity contribution is -0.120. The molecule has 2 rings (SSSR count). The number of benzene rings is 1. The number of methoxy groups -OCH3 is 1. The Bertz CT molecular complexity index is 476. The van der Waals surface area contributed by atoms with Crippen molar-refractivity contribution < 1.29 is 18.7 Å². The average molecular weight is 310 g/mol. The van der Waals surface area contributed by atoms with Crippen LogP contribution in [-0.2, 0) is 4.79 Å². The Morgan fingerprint density at radius 2 is 2.09 bits per heavy atom. The van der Waals surface area contributed by atoms with Crippen LogP contribution in [0.25, 0.3) is 0 Å². The smallest absolute Gasteiger partial charge is 0.209 e. The molecule has 1 heterocycles. The number of alkyl halides is 1. The Morgan fingerprint density at radius 3 is 2.77 bits per heavy atom. The molecule has 0 aromatic heterocycles. The van der Waals surface area contributed by atoms with E-state index in [0.29, 0.717) is 45.6 Å². The Balaban J connectivity index is 1.63. The summed E-state index contributed by atoms with van der Waals surface area (Å²) in [6.45, 7) is 2.30. The average Bonchev–Trinajstić information content (AvgIpc) is 2.55. The molecule has 1 fully saturated rings. The van der Waals surface area contributed by atoms with Crippen molar-refractivity contribution in [3.8, 4) is 11.5 Å². The Morgan fingerprint density at radius 1 is 1.36 bits per heavy atom. The number of hydrogen-bond donors (Lipinski definition) is 1. The van der Waals surface area contributed by atoms with Crippen LogP contribution < -0.4 is 14.8 Å². The second-order valence-corrected chi connectivity index (χ2v) is 5.50. The number of carbonyl (C=O) groups excluding carboxylic acids is 1. The molecule has 1 saturated heterocycles. The second-order valence-electron chi connectivity index (χ2n) is 5.50. The molecule has 0 radical (unpaired) electrons. The van der Waals surface area contributed by atoms with Crippen LogP contribution >= 0.6 is 0 Å². The molecule has 1 amide bonds. The molecule has 1 N–H and O–H groups in total. The minimum Gasteiger partial charge on any atom is -0.497 e. The zero-order chi connectivity index (χ0) is 15.8. The highest BCUT2D eigenvalue weighted by Crippen LogP contribution is 2.25. The lowest BCUT2D eigenvalue weighted by Gasteiger charge is -2.34. The van der Waals surface area contributed by atoms with E-state index in [2.05, 4.69) is 5.32 Å². The third-order valence-corrected chi connectivity index (χ3v) is 3.87. The maximum atomic E-state index is 14.5. The maximum Gasteiger partial charge on any atom is 0.209 e. The number of ether oxygens (including phenoxy) is 2. The number of carbonyl (C=O) groups is 1. The number of piperidine rings is 1. The number of hydrogen-bond acceptors (Lipinski definition) is 4. The van der Waals surface area contributed by atoms with Gasteiger partial charge < -0.3 is 19.7 Å². The van der Waals surface area contributed by atoms with E-state index < -0.39 is 5.67 Å². The molecule has 22 heavy (non-hydrogen) atoms. The van der Waals surface area contributed by atoms with Gasteiger partial charge in [0.25, 0.3) is 0 Å². The predicted molar refractivity (Wildman–Crippen MR) is 82.1 cm³/mol. The van der Waals surface area contributed by atoms with E-state index >= 15 is 0 Å². The van der Waals surface area contributed by atoms with Gasteiger partial charge in [-0.25, -0.2) is 4.39 Å². The van der Waals surface area contributed by atoms with Gasteiger partial charge in [-0.3, -0.25) is 4.79 Å². The summed E-state index contributed by atoms with van der Waals surface area (Å²) in [4.78, 5) is 12.2. The van der Waals surface area contributed by atoms with Gasteiger partial charge in [-0.05, 0) is 12.1 Å². The highest BCUT2D eigenvalue weighted by atomic mass is 19.1. The van der Waals surface area contributed by atoms with Crippen molar-refractivity contribution in [2.75, 3.05) is 39.9 Å². The highest BCUT2D eigenvalue weighted by molar-refractivity contribution is 5.47. The standard InChI is InChI=1S/C16H23FN2O3/c1-21-14-3-2-4-15(11-14)22-10-7-18-12-16(17)5-8-19(13-20)9-6-16/h2-4,11,13,18H,5-10,12H2,1H3. The van der Waals surface area contributed by atoms with Gasteiger partial charge in [0.05, 0.1) is 7.11 Å². The van der Waals surface area contributed by atoms with E-state index in [-0.39, 0.29) is 0 Å². The molecule has 0 saturated carbocycles. The summed E-state index contributed by atoms with van der Waals surface area (Å²) in [7, 11) is 1.61. The van der Waals surface area contributed by atoms with Crippen LogP contribution in [0, 0.1) is 0 Å². The van der Waals surface area contributed by atoms with E-state index in [4.69, 9.17) is 9.47 Å². The quantitative estimate of drug-likeness (QED) is 0.586. The van der Waals surface area contributed by atoms with E-state index in [0.717, 1.165) is 17.9 Å². The van der Waals surface area contributed by atoms with Crippen molar-refractivity contribution in [2.45, 2.75) is 18.5 Å². The second kappa shape index (κ2) is 7.98. The topological polar surface area (TPSA) is 50.8 Å². The number of likely N-dealkylation sites (tertiary alicyclic amines) is 1. The molecule has 0 bridgehead atoms. The Kier molecular flexibility index (Phi) is 6.00. The fourth-order valence-electron chi connectivity index (χ4n) is 2.45. The number of rotatable bonds is 8. The Labute approximate surface area is 130 Å². The molecule has 1 aliphatic rings. The molecule has 122 valence electrons. The summed E-state index contributed by atoms with van der Waals surface area (Å²) in [6.07, 6.45) is 1.56. The summed E-state index contributed by atoms with van der Waals surface area (Å²) < 4.78 is 25.2.